The first-order valence-electron chi connectivity index (χ1n) is 12.0. The van der Waals surface area contributed by atoms with E-state index in [1.54, 1.807) is 31.2 Å². The van der Waals surface area contributed by atoms with Crippen molar-refractivity contribution >= 4 is 35.5 Å². The van der Waals surface area contributed by atoms with Gasteiger partial charge < -0.3 is 28.8 Å². The molecule has 2 aliphatic carbocycles. The molecule has 4 rings (SSSR count). The number of aliphatic hydroxyl groups is 1. The average molecular weight is 539 g/mol. The Bertz CT molecular complexity index is 1090. The third-order valence-corrected chi connectivity index (χ3v) is 8.40. The van der Waals surface area contributed by atoms with Gasteiger partial charge in [-0.25, -0.2) is 0 Å². The molecule has 2 aliphatic heterocycles. The summed E-state index contributed by atoms with van der Waals surface area (Å²) in [5.41, 5.74) is -4.34. The number of carbonyl (C=O) groups is 4. The van der Waals surface area contributed by atoms with Crippen LogP contribution in [0.25, 0.3) is 0 Å². The van der Waals surface area contributed by atoms with Gasteiger partial charge in [-0.2, -0.15) is 0 Å². The number of halogens is 1. The van der Waals surface area contributed by atoms with Crippen LogP contribution in [-0.4, -0.2) is 76.6 Å². The molecule has 10 atom stereocenters. The first-order valence-corrected chi connectivity index (χ1v) is 12.4. The van der Waals surface area contributed by atoms with Crippen molar-refractivity contribution in [2.45, 2.75) is 75.6 Å². The van der Waals surface area contributed by atoms with Gasteiger partial charge in [-0.1, -0.05) is 25.7 Å². The summed E-state index contributed by atoms with van der Waals surface area (Å²) in [6.45, 7) is 10.9. The first-order chi connectivity index (χ1) is 17.2. The molecule has 0 radical (unpaired) electrons. The number of ether oxygens (including phenoxy) is 5. The Hall–Kier alpha value is -2.69. The predicted molar refractivity (Wildman–Crippen MR) is 128 cm³/mol. The summed E-state index contributed by atoms with van der Waals surface area (Å²) in [6, 6.07) is 0. The summed E-state index contributed by atoms with van der Waals surface area (Å²) in [5, 5.41) is 11.2. The Morgan fingerprint density at radius 2 is 1.65 bits per heavy atom. The summed E-state index contributed by atoms with van der Waals surface area (Å²) in [6.07, 6.45) is 1.76. The number of alkyl halides is 1. The van der Waals surface area contributed by atoms with E-state index in [9.17, 15) is 24.3 Å². The maximum Gasteiger partial charge on any atom is 0.312 e. The highest BCUT2D eigenvalue weighted by Crippen LogP contribution is 2.60. The minimum Gasteiger partial charge on any atom is -0.459 e. The van der Waals surface area contributed by atoms with Crippen molar-refractivity contribution in [1.82, 2.24) is 0 Å². The quantitative estimate of drug-likeness (QED) is 0.186. The summed E-state index contributed by atoms with van der Waals surface area (Å²) >= 11 is 6.69. The van der Waals surface area contributed by atoms with Crippen molar-refractivity contribution in [3.63, 3.8) is 0 Å². The highest BCUT2D eigenvalue weighted by atomic mass is 35.5. The van der Waals surface area contributed by atoms with Crippen LogP contribution in [0.1, 0.15) is 34.6 Å². The van der Waals surface area contributed by atoms with Gasteiger partial charge in [0.2, 0.25) is 0 Å². The molecular formula is C26H31ClO10. The van der Waals surface area contributed by atoms with Crippen LogP contribution >= 0.6 is 11.6 Å². The van der Waals surface area contributed by atoms with Crippen molar-refractivity contribution in [3.8, 4) is 0 Å². The molecule has 10 nitrogen and oxygen atoms in total. The van der Waals surface area contributed by atoms with Gasteiger partial charge in [0.25, 0.3) is 0 Å². The van der Waals surface area contributed by atoms with E-state index in [0.29, 0.717) is 0 Å². The van der Waals surface area contributed by atoms with Crippen molar-refractivity contribution in [2.75, 3.05) is 6.61 Å². The predicted octanol–water partition coefficient (Wildman–Crippen LogP) is 1.77. The number of hydrogen-bond donors (Lipinski definition) is 1. The van der Waals surface area contributed by atoms with Crippen molar-refractivity contribution in [2.24, 2.45) is 17.3 Å². The highest BCUT2D eigenvalue weighted by Gasteiger charge is 2.75. The fourth-order valence-electron chi connectivity index (χ4n) is 5.98. The van der Waals surface area contributed by atoms with Crippen LogP contribution < -0.4 is 0 Å². The molecule has 1 spiro atoms. The largest absolute Gasteiger partial charge is 0.459 e. The summed E-state index contributed by atoms with van der Waals surface area (Å²) in [5.74, 6) is -4.82. The molecule has 0 unspecified atom stereocenters. The lowest BCUT2D eigenvalue weighted by Crippen LogP contribution is -2.68. The molecule has 0 amide bonds. The fraction of sp³-hybridized carbons (Fsp3) is 0.615. The molecule has 0 aromatic rings. The lowest BCUT2D eigenvalue weighted by molar-refractivity contribution is -0.214. The van der Waals surface area contributed by atoms with E-state index >= 15 is 0 Å². The lowest BCUT2D eigenvalue weighted by atomic mass is 9.56. The second kappa shape index (κ2) is 9.25. The number of esters is 4. The Kier molecular flexibility index (Phi) is 6.84. The van der Waals surface area contributed by atoms with E-state index < -0.39 is 82.1 Å². The van der Waals surface area contributed by atoms with E-state index in [1.807, 2.05) is 0 Å². The average Bonchev–Trinajstić information content (AvgIpc) is 3.55. The van der Waals surface area contributed by atoms with E-state index in [1.165, 1.54) is 27.7 Å². The standard InChI is InChI=1S/C26H31ClO10/c1-12-7-8-17(34-14(3)28)24(6)10-9-18(35-15(4)29)25(11-33-25)20(24)22(36-16(5)30)26(32)13(2)23(31)37-21(26)19(12)27/h7-10,13,17-22,32H,1,11H2,2-6H3/b8-7-/t13-,17-,18+,19-,20+,21-,22-,24+,25+,26-/m0/s1. The second-order valence-corrected chi connectivity index (χ2v) is 10.8. The molecule has 0 aromatic heterocycles. The Labute approximate surface area is 219 Å². The smallest absolute Gasteiger partial charge is 0.312 e. The van der Waals surface area contributed by atoms with Crippen LogP contribution in [-0.2, 0) is 42.9 Å². The zero-order valence-corrected chi connectivity index (χ0v) is 22.0. The zero-order chi connectivity index (χ0) is 27.5. The molecule has 0 bridgehead atoms. The first kappa shape index (κ1) is 27.3. The summed E-state index contributed by atoms with van der Waals surface area (Å²) in [7, 11) is 0. The minimum atomic E-state index is -2.15. The topological polar surface area (TPSA) is 138 Å². The van der Waals surface area contributed by atoms with Crippen LogP contribution in [0.15, 0.2) is 36.5 Å². The van der Waals surface area contributed by atoms with E-state index in [0.717, 1.165) is 0 Å². The number of fused-ring (bicyclic) bond motifs is 3. The number of epoxide rings is 1. The second-order valence-electron chi connectivity index (χ2n) is 10.3. The SMILES string of the molecule is C=C1/C=C\[C@H](OC(C)=O)[C@@]2(C)C=C[C@@H](OC(C)=O)[C@]3(CO3)[C@@H]2[C@H](OC(C)=O)[C@]2(O)[C@@H](C)C(=O)O[C@H]2[C@H]1Cl. The molecular weight excluding hydrogens is 508 g/mol. The Morgan fingerprint density at radius 1 is 1.08 bits per heavy atom. The molecule has 2 fully saturated rings. The Balaban J connectivity index is 2.03. The third-order valence-electron chi connectivity index (χ3n) is 7.89. The Morgan fingerprint density at radius 3 is 2.19 bits per heavy atom. The van der Waals surface area contributed by atoms with E-state index in [2.05, 4.69) is 6.58 Å². The number of rotatable bonds is 3. The van der Waals surface area contributed by atoms with Gasteiger partial charge in [-0.3, -0.25) is 19.2 Å². The van der Waals surface area contributed by atoms with Crippen LogP contribution in [0.5, 0.6) is 0 Å². The molecule has 37 heavy (non-hydrogen) atoms. The van der Waals surface area contributed by atoms with Crippen LogP contribution in [0.2, 0.25) is 0 Å². The monoisotopic (exact) mass is 538 g/mol. The van der Waals surface area contributed by atoms with Gasteiger partial charge in [0, 0.05) is 32.1 Å². The molecule has 202 valence electrons. The number of allylic oxidation sites excluding steroid dienone is 1. The molecule has 2 heterocycles. The summed E-state index contributed by atoms with van der Waals surface area (Å²) < 4.78 is 28.6. The zero-order valence-electron chi connectivity index (χ0n) is 21.3. The van der Waals surface area contributed by atoms with Gasteiger partial charge in [-0.15, -0.1) is 11.6 Å². The molecule has 4 aliphatic rings. The van der Waals surface area contributed by atoms with E-state index in [-0.39, 0.29) is 12.2 Å². The number of hydrogen-bond acceptors (Lipinski definition) is 10. The van der Waals surface area contributed by atoms with E-state index in [4.69, 9.17) is 35.3 Å². The van der Waals surface area contributed by atoms with Gasteiger partial charge >= 0.3 is 23.9 Å². The lowest BCUT2D eigenvalue weighted by Gasteiger charge is -2.53. The molecule has 0 saturated carbocycles. The van der Waals surface area contributed by atoms with Crippen LogP contribution in [0.3, 0.4) is 0 Å². The van der Waals surface area contributed by atoms with Crippen LogP contribution in [0, 0.1) is 17.3 Å². The molecule has 2 saturated heterocycles. The third kappa shape index (κ3) is 4.28. The molecule has 0 aromatic carbocycles. The van der Waals surface area contributed by atoms with Crippen molar-refractivity contribution in [1.29, 1.82) is 0 Å². The fourth-order valence-corrected chi connectivity index (χ4v) is 6.31. The highest BCUT2D eigenvalue weighted by molar-refractivity contribution is 6.23. The van der Waals surface area contributed by atoms with Gasteiger partial charge in [0.15, 0.2) is 17.8 Å². The van der Waals surface area contributed by atoms with Crippen LogP contribution in [0.4, 0.5) is 0 Å². The van der Waals surface area contributed by atoms with Crippen molar-refractivity contribution < 1.29 is 48.0 Å². The normalized spacial score (nSPS) is 45.2. The number of carbonyl (C=O) groups excluding carboxylic acids is 4. The van der Waals surface area contributed by atoms with Crippen molar-refractivity contribution in [3.05, 3.63) is 36.5 Å². The maximum atomic E-state index is 12.8. The minimum absolute atomic E-state index is 0.0742. The van der Waals surface area contributed by atoms with Gasteiger partial charge in [0.1, 0.15) is 17.8 Å². The molecule has 11 heteroatoms. The van der Waals surface area contributed by atoms with Gasteiger partial charge in [-0.05, 0) is 24.6 Å². The summed E-state index contributed by atoms with van der Waals surface area (Å²) in [4.78, 5) is 49.5. The maximum absolute atomic E-state index is 12.8. The van der Waals surface area contributed by atoms with Gasteiger partial charge in [0.05, 0.1) is 17.9 Å². The molecule has 1 N–H and O–H groups in total.